The van der Waals surface area contributed by atoms with Crippen molar-refractivity contribution in [2.75, 3.05) is 4.90 Å². The van der Waals surface area contributed by atoms with Crippen LogP contribution in [0.5, 0.6) is 0 Å². The van der Waals surface area contributed by atoms with E-state index in [1.54, 1.807) is 17.1 Å². The highest BCUT2D eigenvalue weighted by molar-refractivity contribution is 7.17. The number of aromatic nitrogens is 3. The molecule has 24 heavy (non-hydrogen) atoms. The summed E-state index contributed by atoms with van der Waals surface area (Å²) < 4.78 is 1.74. The third kappa shape index (κ3) is 2.53. The maximum atomic E-state index is 13.1. The molecule has 0 saturated heterocycles. The van der Waals surface area contributed by atoms with E-state index in [4.69, 9.17) is 0 Å². The zero-order chi connectivity index (χ0) is 16.7. The number of hydrogen-bond acceptors (Lipinski definition) is 4. The van der Waals surface area contributed by atoms with Crippen LogP contribution in [0.1, 0.15) is 28.6 Å². The minimum atomic E-state index is 0.0299. The van der Waals surface area contributed by atoms with Crippen molar-refractivity contribution in [1.29, 1.82) is 0 Å². The number of anilines is 1. The fourth-order valence-electron chi connectivity index (χ4n) is 3.15. The van der Waals surface area contributed by atoms with Gasteiger partial charge in [-0.2, -0.15) is 5.10 Å². The number of rotatable bonds is 2. The molecule has 0 unspecified atom stereocenters. The molecule has 1 amide bonds. The molecule has 0 bridgehead atoms. The Morgan fingerprint density at radius 3 is 2.92 bits per heavy atom. The van der Waals surface area contributed by atoms with E-state index in [0.717, 1.165) is 29.1 Å². The smallest absolute Gasteiger partial charge is 0.270 e. The molecular weight excluding hydrogens is 320 g/mol. The van der Waals surface area contributed by atoms with Crippen molar-refractivity contribution >= 4 is 22.9 Å². The van der Waals surface area contributed by atoms with Gasteiger partial charge < -0.3 is 4.90 Å². The first-order valence-electron chi connectivity index (χ1n) is 8.00. The van der Waals surface area contributed by atoms with Crippen LogP contribution in [-0.2, 0) is 13.5 Å². The van der Waals surface area contributed by atoms with Crippen LogP contribution in [0.25, 0.3) is 10.6 Å². The van der Waals surface area contributed by atoms with Gasteiger partial charge >= 0.3 is 0 Å². The lowest BCUT2D eigenvalue weighted by molar-refractivity contribution is 0.0979. The molecule has 1 aliphatic heterocycles. The molecular formula is C18H18N4OS. The summed E-state index contributed by atoms with van der Waals surface area (Å²) in [5.74, 6) is 0.0299. The molecule has 0 saturated carbocycles. The summed E-state index contributed by atoms with van der Waals surface area (Å²) in [5, 5.41) is 4.99. The Labute approximate surface area is 144 Å². The number of hydrogen-bond donors (Lipinski definition) is 0. The van der Waals surface area contributed by atoms with Crippen molar-refractivity contribution in [1.82, 2.24) is 14.8 Å². The number of carbonyl (C=O) groups excluding carboxylic acids is 1. The molecule has 1 aliphatic rings. The molecule has 0 fully saturated rings. The first-order chi connectivity index (χ1) is 11.6. The van der Waals surface area contributed by atoms with Gasteiger partial charge in [0.05, 0.1) is 12.4 Å². The molecule has 122 valence electrons. The average molecular weight is 338 g/mol. The van der Waals surface area contributed by atoms with Gasteiger partial charge in [-0.15, -0.1) is 11.3 Å². The highest BCUT2D eigenvalue weighted by Gasteiger charge is 2.29. The van der Waals surface area contributed by atoms with Gasteiger partial charge in [0, 0.05) is 30.5 Å². The number of carbonyl (C=O) groups is 1. The van der Waals surface area contributed by atoms with Crippen LogP contribution in [0.15, 0.2) is 42.9 Å². The van der Waals surface area contributed by atoms with E-state index in [1.165, 1.54) is 16.9 Å². The van der Waals surface area contributed by atoms with Crippen molar-refractivity contribution in [3.8, 4) is 10.6 Å². The molecule has 5 nitrogen and oxygen atoms in total. The average Bonchev–Trinajstić information content (AvgIpc) is 3.23. The van der Waals surface area contributed by atoms with Gasteiger partial charge in [0.25, 0.3) is 5.91 Å². The number of aryl methyl sites for hydroxylation is 2. The minimum absolute atomic E-state index is 0.0299. The lowest BCUT2D eigenvalue weighted by Crippen LogP contribution is -2.41. The maximum absolute atomic E-state index is 13.1. The summed E-state index contributed by atoms with van der Waals surface area (Å²) in [7, 11) is 1.87. The molecule has 1 atom stereocenters. The van der Waals surface area contributed by atoms with E-state index in [-0.39, 0.29) is 11.9 Å². The first-order valence-corrected chi connectivity index (χ1v) is 8.81. The van der Waals surface area contributed by atoms with Crippen LogP contribution in [0.2, 0.25) is 0 Å². The second-order valence-electron chi connectivity index (χ2n) is 6.12. The van der Waals surface area contributed by atoms with Crippen molar-refractivity contribution in [3.05, 3.63) is 53.3 Å². The monoisotopic (exact) mass is 338 g/mol. The number of benzene rings is 1. The quantitative estimate of drug-likeness (QED) is 0.718. The summed E-state index contributed by atoms with van der Waals surface area (Å²) in [6.07, 6.45) is 7.36. The van der Waals surface area contributed by atoms with E-state index in [2.05, 4.69) is 23.1 Å². The van der Waals surface area contributed by atoms with Crippen molar-refractivity contribution < 1.29 is 4.79 Å². The molecule has 0 radical (unpaired) electrons. The fourth-order valence-corrected chi connectivity index (χ4v) is 3.98. The minimum Gasteiger partial charge on any atom is -0.305 e. The second-order valence-corrected chi connectivity index (χ2v) is 7.15. The van der Waals surface area contributed by atoms with Gasteiger partial charge in [0.2, 0.25) is 0 Å². The highest BCUT2D eigenvalue weighted by atomic mass is 32.1. The molecule has 6 heteroatoms. The van der Waals surface area contributed by atoms with Gasteiger partial charge in [-0.05, 0) is 31.4 Å². The number of thiazole rings is 1. The molecule has 0 spiro atoms. The summed E-state index contributed by atoms with van der Waals surface area (Å²) in [6.45, 7) is 2.11. The summed E-state index contributed by atoms with van der Waals surface area (Å²) >= 11 is 1.42. The molecule has 3 heterocycles. The summed E-state index contributed by atoms with van der Waals surface area (Å²) in [6, 6.07) is 8.35. The third-order valence-electron chi connectivity index (χ3n) is 4.41. The second kappa shape index (κ2) is 5.87. The van der Waals surface area contributed by atoms with Gasteiger partial charge in [-0.3, -0.25) is 9.48 Å². The van der Waals surface area contributed by atoms with E-state index in [0.29, 0.717) is 4.88 Å². The standard InChI is InChI=1S/C18H18N4OS/c1-12-7-8-13-5-3-4-6-15(13)22(12)18(23)16-10-19-17(24-16)14-9-20-21(2)11-14/h3-6,9-12H,7-8H2,1-2H3/t12-/m1/s1. The Morgan fingerprint density at radius 2 is 2.12 bits per heavy atom. The molecule has 0 aliphatic carbocycles. The lowest BCUT2D eigenvalue weighted by atomic mass is 9.96. The van der Waals surface area contributed by atoms with Crippen LogP contribution in [0.4, 0.5) is 5.69 Å². The Morgan fingerprint density at radius 1 is 1.29 bits per heavy atom. The molecule has 0 N–H and O–H groups in total. The zero-order valence-corrected chi connectivity index (χ0v) is 14.5. The Bertz CT molecular complexity index is 898. The van der Waals surface area contributed by atoms with Gasteiger partial charge in [0.15, 0.2) is 0 Å². The fraction of sp³-hybridized carbons (Fsp3) is 0.278. The van der Waals surface area contributed by atoms with Gasteiger partial charge in [-0.1, -0.05) is 18.2 Å². The Kier molecular flexibility index (Phi) is 3.69. The van der Waals surface area contributed by atoms with Crippen LogP contribution in [-0.4, -0.2) is 26.7 Å². The van der Waals surface area contributed by atoms with E-state index in [9.17, 15) is 4.79 Å². The summed E-state index contributed by atoms with van der Waals surface area (Å²) in [5.41, 5.74) is 3.20. The topological polar surface area (TPSA) is 51.0 Å². The Hall–Kier alpha value is -2.47. The van der Waals surface area contributed by atoms with E-state index < -0.39 is 0 Å². The normalized spacial score (nSPS) is 16.9. The number of nitrogens with zero attached hydrogens (tertiary/aromatic N) is 4. The highest BCUT2D eigenvalue weighted by Crippen LogP contribution is 2.33. The number of para-hydroxylation sites is 1. The van der Waals surface area contributed by atoms with Crippen molar-refractivity contribution in [3.63, 3.8) is 0 Å². The first kappa shape index (κ1) is 15.1. The Balaban J connectivity index is 1.68. The van der Waals surface area contributed by atoms with E-state index >= 15 is 0 Å². The lowest BCUT2D eigenvalue weighted by Gasteiger charge is -2.34. The van der Waals surface area contributed by atoms with Crippen LogP contribution >= 0.6 is 11.3 Å². The SMILES string of the molecule is C[C@@H]1CCc2ccccc2N1C(=O)c1cnc(-c2cnn(C)c2)s1. The predicted octanol–water partition coefficient (Wildman–Crippen LogP) is 3.53. The zero-order valence-electron chi connectivity index (χ0n) is 13.6. The molecule has 2 aromatic heterocycles. The van der Waals surface area contributed by atoms with Crippen molar-refractivity contribution in [2.45, 2.75) is 25.8 Å². The van der Waals surface area contributed by atoms with Crippen LogP contribution in [0.3, 0.4) is 0 Å². The molecule has 3 aromatic rings. The number of amides is 1. The van der Waals surface area contributed by atoms with Crippen LogP contribution < -0.4 is 4.90 Å². The van der Waals surface area contributed by atoms with Gasteiger partial charge in [0.1, 0.15) is 9.88 Å². The summed E-state index contributed by atoms with van der Waals surface area (Å²) in [4.78, 5) is 20.1. The maximum Gasteiger partial charge on any atom is 0.270 e. The van der Waals surface area contributed by atoms with Crippen molar-refractivity contribution in [2.24, 2.45) is 7.05 Å². The van der Waals surface area contributed by atoms with E-state index in [1.807, 2.05) is 36.3 Å². The largest absolute Gasteiger partial charge is 0.305 e. The molecule has 4 rings (SSSR count). The third-order valence-corrected chi connectivity index (χ3v) is 5.44. The van der Waals surface area contributed by atoms with Crippen LogP contribution in [0, 0.1) is 0 Å². The molecule has 1 aromatic carbocycles. The number of fused-ring (bicyclic) bond motifs is 1. The van der Waals surface area contributed by atoms with Gasteiger partial charge in [-0.25, -0.2) is 4.98 Å². The predicted molar refractivity (Wildman–Crippen MR) is 95.4 cm³/mol.